The summed E-state index contributed by atoms with van der Waals surface area (Å²) >= 11 is 0. The van der Waals surface area contributed by atoms with Crippen LogP contribution in [0.25, 0.3) is 27.8 Å². The first kappa shape index (κ1) is 17.8. The van der Waals surface area contributed by atoms with Gasteiger partial charge >= 0.3 is 0 Å². The maximum Gasteiger partial charge on any atom is 0.228 e. The lowest BCUT2D eigenvalue weighted by molar-refractivity contribution is 0.0284. The summed E-state index contributed by atoms with van der Waals surface area (Å²) in [5.74, 6) is 0.129. The molecule has 0 amide bonds. The minimum atomic E-state index is -1.14. The Kier molecular flexibility index (Phi) is 4.27. The van der Waals surface area contributed by atoms with Crippen molar-refractivity contribution in [3.63, 3.8) is 0 Å². The highest BCUT2D eigenvalue weighted by Gasteiger charge is 2.27. The van der Waals surface area contributed by atoms with E-state index in [9.17, 15) is 8.78 Å². The van der Waals surface area contributed by atoms with Gasteiger partial charge in [0.1, 0.15) is 11.8 Å². The van der Waals surface area contributed by atoms with Gasteiger partial charge in [-0.1, -0.05) is 0 Å². The second-order valence-corrected chi connectivity index (χ2v) is 6.85. The lowest BCUT2D eigenvalue weighted by Crippen LogP contribution is -2.39. The fourth-order valence-electron chi connectivity index (χ4n) is 3.61. The van der Waals surface area contributed by atoms with Crippen LogP contribution in [0.3, 0.4) is 0 Å². The van der Waals surface area contributed by atoms with Gasteiger partial charge < -0.3 is 24.2 Å². The molecule has 150 valence electrons. The molecular weight excluding hydrogens is 382 g/mol. The Morgan fingerprint density at radius 1 is 1.38 bits per heavy atom. The number of aromatic nitrogens is 5. The van der Waals surface area contributed by atoms with Gasteiger partial charge in [-0.05, 0) is 12.5 Å². The van der Waals surface area contributed by atoms with Crippen molar-refractivity contribution in [2.75, 3.05) is 25.6 Å². The Hall–Kier alpha value is -3.27. The van der Waals surface area contributed by atoms with Gasteiger partial charge in [0.2, 0.25) is 11.8 Å². The van der Waals surface area contributed by atoms with E-state index in [1.165, 1.54) is 19.4 Å². The molecule has 5 rings (SSSR count). The molecule has 0 aromatic carbocycles. The van der Waals surface area contributed by atoms with E-state index in [2.05, 4.69) is 25.3 Å². The number of methoxy groups -OCH3 is 1. The highest BCUT2D eigenvalue weighted by atomic mass is 19.1. The van der Waals surface area contributed by atoms with E-state index in [0.717, 1.165) is 0 Å². The summed E-state index contributed by atoms with van der Waals surface area (Å²) in [6.45, 7) is 0.526. The summed E-state index contributed by atoms with van der Waals surface area (Å²) in [5, 5.41) is 3.64. The molecule has 0 spiro atoms. The number of H-pyrrole nitrogens is 1. The van der Waals surface area contributed by atoms with Gasteiger partial charge in [-0.15, -0.1) is 0 Å². The summed E-state index contributed by atoms with van der Waals surface area (Å²) in [7, 11) is 1.49. The molecule has 1 fully saturated rings. The molecule has 0 bridgehead atoms. The number of fused-ring (bicyclic) bond motifs is 2. The van der Waals surface area contributed by atoms with E-state index in [-0.39, 0.29) is 18.2 Å². The predicted molar refractivity (Wildman–Crippen MR) is 102 cm³/mol. The van der Waals surface area contributed by atoms with E-state index in [4.69, 9.17) is 9.47 Å². The van der Waals surface area contributed by atoms with Crippen LogP contribution >= 0.6 is 0 Å². The van der Waals surface area contributed by atoms with Crippen LogP contribution in [0.5, 0.6) is 5.88 Å². The Morgan fingerprint density at radius 2 is 2.28 bits per heavy atom. The molecule has 5 heterocycles. The maximum atomic E-state index is 14.4. The average Bonchev–Trinajstić information content (AvgIpc) is 3.36. The Bertz CT molecular complexity index is 1190. The summed E-state index contributed by atoms with van der Waals surface area (Å²) in [4.78, 5) is 15.9. The molecule has 0 saturated carbocycles. The molecular formula is C19H18F2N6O2. The predicted octanol–water partition coefficient (Wildman–Crippen LogP) is 2.96. The van der Waals surface area contributed by atoms with E-state index in [1.807, 2.05) is 0 Å². The van der Waals surface area contributed by atoms with Crippen LogP contribution in [-0.2, 0) is 4.74 Å². The Balaban J connectivity index is 1.57. The van der Waals surface area contributed by atoms with E-state index in [1.54, 1.807) is 23.0 Å². The van der Waals surface area contributed by atoms with Gasteiger partial charge in [-0.2, -0.15) is 9.97 Å². The van der Waals surface area contributed by atoms with Gasteiger partial charge in [0.25, 0.3) is 0 Å². The highest BCUT2D eigenvalue weighted by Crippen LogP contribution is 2.35. The van der Waals surface area contributed by atoms with Crippen molar-refractivity contribution in [1.82, 2.24) is 24.3 Å². The highest BCUT2D eigenvalue weighted by molar-refractivity contribution is 5.97. The molecule has 10 heteroatoms. The van der Waals surface area contributed by atoms with Crippen molar-refractivity contribution < 1.29 is 18.3 Å². The second kappa shape index (κ2) is 6.96. The summed E-state index contributed by atoms with van der Waals surface area (Å²) in [6, 6.07) is 0.977. The number of anilines is 1. The fourth-order valence-corrected chi connectivity index (χ4v) is 3.61. The topological polar surface area (TPSA) is 89.4 Å². The number of imidazole rings is 1. The fraction of sp³-hybridized carbons (Fsp3) is 0.316. The smallest absolute Gasteiger partial charge is 0.228 e. The monoisotopic (exact) mass is 400 g/mol. The molecule has 0 unspecified atom stereocenters. The van der Waals surface area contributed by atoms with Crippen molar-refractivity contribution >= 4 is 22.6 Å². The number of rotatable bonds is 4. The third-order valence-corrected chi connectivity index (χ3v) is 5.05. The van der Waals surface area contributed by atoms with E-state index >= 15 is 0 Å². The molecule has 4 aromatic rings. The molecule has 0 radical (unpaired) electrons. The third-order valence-electron chi connectivity index (χ3n) is 5.05. The van der Waals surface area contributed by atoms with Crippen LogP contribution in [0.4, 0.5) is 14.7 Å². The van der Waals surface area contributed by atoms with E-state index in [0.29, 0.717) is 41.1 Å². The number of halogens is 2. The van der Waals surface area contributed by atoms with Crippen LogP contribution in [0.2, 0.25) is 0 Å². The SMILES string of the molecule is COc1nc(N[C@@H]2CCOC[C@H]2F)nc2[nH]cc(-c3cc(F)c4nccn4c3)c12. The number of hydrogen-bond acceptors (Lipinski definition) is 6. The molecule has 2 N–H and O–H groups in total. The Morgan fingerprint density at radius 3 is 3.10 bits per heavy atom. The van der Waals surface area contributed by atoms with Gasteiger partial charge in [-0.3, -0.25) is 0 Å². The van der Waals surface area contributed by atoms with E-state index < -0.39 is 18.0 Å². The number of nitrogens with one attached hydrogen (secondary N) is 2. The summed E-state index contributed by atoms with van der Waals surface area (Å²) in [5.41, 5.74) is 2.06. The zero-order valence-electron chi connectivity index (χ0n) is 15.5. The first-order valence-electron chi connectivity index (χ1n) is 9.18. The molecule has 1 saturated heterocycles. The summed E-state index contributed by atoms with van der Waals surface area (Å²) in [6.07, 6.45) is 6.08. The van der Waals surface area contributed by atoms with Crippen LogP contribution in [0.1, 0.15) is 6.42 Å². The van der Waals surface area contributed by atoms with Crippen LogP contribution in [0.15, 0.2) is 30.9 Å². The number of aromatic amines is 1. The van der Waals surface area contributed by atoms with Gasteiger partial charge in [-0.25, -0.2) is 13.8 Å². The van der Waals surface area contributed by atoms with Gasteiger partial charge in [0.15, 0.2) is 11.5 Å². The number of hydrogen-bond donors (Lipinski definition) is 2. The van der Waals surface area contributed by atoms with Crippen molar-refractivity contribution in [2.45, 2.75) is 18.6 Å². The number of ether oxygens (including phenoxy) is 2. The normalized spacial score (nSPS) is 19.7. The van der Waals surface area contributed by atoms with Crippen LogP contribution < -0.4 is 10.1 Å². The molecule has 1 aliphatic rings. The van der Waals surface area contributed by atoms with Crippen molar-refractivity contribution in [3.05, 3.63) is 36.7 Å². The largest absolute Gasteiger partial charge is 0.480 e. The maximum absolute atomic E-state index is 14.4. The minimum Gasteiger partial charge on any atom is -0.480 e. The standard InChI is InChI=1S/C19H18F2N6O2/c1-28-18-15-11(10-6-12(20)17-22-3-4-27(17)8-10)7-23-16(15)25-19(26-18)24-14-2-5-29-9-13(14)21/h3-4,6-8,13-14H,2,5,9H2,1H3,(H2,23,24,25,26)/t13-,14-/m1/s1. The third kappa shape index (κ3) is 3.05. The van der Waals surface area contributed by atoms with Crippen molar-refractivity contribution in [3.8, 4) is 17.0 Å². The number of alkyl halides is 1. The molecule has 1 aliphatic heterocycles. The molecule has 4 aromatic heterocycles. The summed E-state index contributed by atoms with van der Waals surface area (Å²) < 4.78 is 40.7. The second-order valence-electron chi connectivity index (χ2n) is 6.85. The van der Waals surface area contributed by atoms with Crippen LogP contribution in [0, 0.1) is 5.82 Å². The quantitative estimate of drug-likeness (QED) is 0.548. The van der Waals surface area contributed by atoms with Gasteiger partial charge in [0, 0.05) is 42.5 Å². The first-order valence-corrected chi connectivity index (χ1v) is 9.18. The first-order chi connectivity index (χ1) is 14.1. The van der Waals surface area contributed by atoms with Gasteiger partial charge in [0.05, 0.1) is 25.1 Å². The average molecular weight is 400 g/mol. The zero-order valence-corrected chi connectivity index (χ0v) is 15.5. The molecule has 8 nitrogen and oxygen atoms in total. The van der Waals surface area contributed by atoms with Crippen LogP contribution in [-0.4, -0.2) is 56.9 Å². The minimum absolute atomic E-state index is 0.0476. The lowest BCUT2D eigenvalue weighted by Gasteiger charge is -2.26. The van der Waals surface area contributed by atoms with Crippen molar-refractivity contribution in [1.29, 1.82) is 0 Å². The number of pyridine rings is 1. The lowest BCUT2D eigenvalue weighted by atomic mass is 10.1. The Labute approximate surface area is 163 Å². The molecule has 29 heavy (non-hydrogen) atoms. The molecule has 0 aliphatic carbocycles. The zero-order chi connectivity index (χ0) is 20.0. The van der Waals surface area contributed by atoms with Crippen molar-refractivity contribution in [2.24, 2.45) is 0 Å². The number of nitrogens with zero attached hydrogens (tertiary/aromatic N) is 4. The molecule has 2 atom stereocenters.